The Morgan fingerprint density at radius 2 is 2.06 bits per heavy atom. The summed E-state index contributed by atoms with van der Waals surface area (Å²) in [4.78, 5) is 33.7. The maximum absolute atomic E-state index is 11.2. The van der Waals surface area contributed by atoms with Gasteiger partial charge in [-0.1, -0.05) is 6.07 Å². The second-order valence-electron chi connectivity index (χ2n) is 3.53. The molecule has 0 aromatic carbocycles. The van der Waals surface area contributed by atoms with Crippen molar-refractivity contribution in [1.29, 1.82) is 0 Å². The average Bonchev–Trinajstić information content (AvgIpc) is 2.79. The molecule has 3 amide bonds. The molecular formula is C11H14N2O4S. The summed E-state index contributed by atoms with van der Waals surface area (Å²) in [6.45, 7) is 0.429. The summed E-state index contributed by atoms with van der Waals surface area (Å²) in [6.07, 6.45) is 0.219. The molecule has 6 nitrogen and oxygen atoms in total. The van der Waals surface area contributed by atoms with Crippen LogP contribution < -0.4 is 10.6 Å². The Hall–Kier alpha value is -1.89. The molecule has 1 aromatic rings. The molecule has 18 heavy (non-hydrogen) atoms. The highest BCUT2D eigenvalue weighted by atomic mass is 32.1. The van der Waals surface area contributed by atoms with Crippen molar-refractivity contribution in [2.45, 2.75) is 19.3 Å². The number of carbonyl (C=O) groups excluding carboxylic acids is 2. The molecule has 0 atom stereocenters. The lowest BCUT2D eigenvalue weighted by molar-refractivity contribution is -0.138. The molecule has 3 N–H and O–H groups in total. The highest BCUT2D eigenvalue weighted by Crippen LogP contribution is 2.07. The van der Waals surface area contributed by atoms with Gasteiger partial charge in [0.2, 0.25) is 5.91 Å². The van der Waals surface area contributed by atoms with E-state index in [1.54, 1.807) is 11.3 Å². The molecule has 0 aliphatic heterocycles. The smallest absolute Gasteiger partial charge is 0.321 e. The number of nitrogens with one attached hydrogen (secondary N) is 2. The Morgan fingerprint density at radius 3 is 2.67 bits per heavy atom. The van der Waals surface area contributed by atoms with E-state index in [2.05, 4.69) is 10.6 Å². The van der Waals surface area contributed by atoms with Crippen molar-refractivity contribution < 1.29 is 19.5 Å². The number of hydrogen-bond donors (Lipinski definition) is 3. The Balaban J connectivity index is 2.13. The number of carboxylic acid groups (broad SMARTS) is 1. The molecule has 0 radical (unpaired) electrons. The van der Waals surface area contributed by atoms with Crippen molar-refractivity contribution in [3.05, 3.63) is 22.4 Å². The van der Waals surface area contributed by atoms with Crippen LogP contribution in [0.4, 0.5) is 4.79 Å². The highest BCUT2D eigenvalue weighted by Gasteiger charge is 2.08. The molecule has 0 spiro atoms. The summed E-state index contributed by atoms with van der Waals surface area (Å²) in [7, 11) is 0. The Labute approximate surface area is 108 Å². The van der Waals surface area contributed by atoms with Gasteiger partial charge >= 0.3 is 12.0 Å². The second kappa shape index (κ2) is 7.44. The van der Waals surface area contributed by atoms with E-state index >= 15 is 0 Å². The zero-order valence-corrected chi connectivity index (χ0v) is 10.5. The van der Waals surface area contributed by atoms with Gasteiger partial charge in [-0.25, -0.2) is 4.79 Å². The molecule has 0 aliphatic carbocycles. The first kappa shape index (κ1) is 14.2. The van der Waals surface area contributed by atoms with E-state index in [0.29, 0.717) is 13.0 Å². The number of carboxylic acids is 1. The van der Waals surface area contributed by atoms with Crippen LogP contribution in [0, 0.1) is 0 Å². The van der Waals surface area contributed by atoms with E-state index in [0.717, 1.165) is 4.88 Å². The lowest BCUT2D eigenvalue weighted by atomic mass is 10.3. The van der Waals surface area contributed by atoms with Gasteiger partial charge < -0.3 is 10.4 Å². The van der Waals surface area contributed by atoms with Gasteiger partial charge in [-0.05, 0) is 17.9 Å². The van der Waals surface area contributed by atoms with Gasteiger partial charge in [0.25, 0.3) is 0 Å². The summed E-state index contributed by atoms with van der Waals surface area (Å²) in [5.74, 6) is -1.66. The Bertz CT molecular complexity index is 417. The minimum Gasteiger partial charge on any atom is -0.481 e. The zero-order valence-electron chi connectivity index (χ0n) is 9.64. The molecule has 0 fully saturated rings. The number of aliphatic carboxylic acids is 1. The van der Waals surface area contributed by atoms with E-state index in [4.69, 9.17) is 5.11 Å². The molecular weight excluding hydrogens is 256 g/mol. The molecule has 1 aromatic heterocycles. The fraction of sp³-hybridized carbons (Fsp3) is 0.364. The van der Waals surface area contributed by atoms with Crippen molar-refractivity contribution in [3.8, 4) is 0 Å². The number of amides is 3. The van der Waals surface area contributed by atoms with Gasteiger partial charge in [0.05, 0.1) is 6.42 Å². The molecule has 0 unspecified atom stereocenters. The number of carbonyl (C=O) groups is 3. The third-order valence-corrected chi connectivity index (χ3v) is 2.99. The molecule has 0 aliphatic rings. The lowest BCUT2D eigenvalue weighted by Gasteiger charge is -2.05. The van der Waals surface area contributed by atoms with E-state index < -0.39 is 17.9 Å². The summed E-state index contributed by atoms with van der Waals surface area (Å²) < 4.78 is 0. The number of thiophene rings is 1. The molecule has 0 saturated heterocycles. The minimum absolute atomic E-state index is 0.201. The summed E-state index contributed by atoms with van der Waals surface area (Å²) in [5.41, 5.74) is 0. The summed E-state index contributed by atoms with van der Waals surface area (Å²) in [6, 6.07) is 3.29. The van der Waals surface area contributed by atoms with E-state index in [-0.39, 0.29) is 12.8 Å². The largest absolute Gasteiger partial charge is 0.481 e. The van der Waals surface area contributed by atoms with Crippen molar-refractivity contribution in [2.24, 2.45) is 0 Å². The maximum Gasteiger partial charge on any atom is 0.321 e. The van der Waals surface area contributed by atoms with Gasteiger partial charge in [0.15, 0.2) is 0 Å². The number of imide groups is 1. The monoisotopic (exact) mass is 270 g/mol. The first-order chi connectivity index (χ1) is 8.58. The van der Waals surface area contributed by atoms with Crippen molar-refractivity contribution >= 4 is 29.2 Å². The molecule has 1 rings (SSSR count). The molecule has 1 heterocycles. The zero-order chi connectivity index (χ0) is 13.4. The van der Waals surface area contributed by atoms with Gasteiger partial charge in [0, 0.05) is 17.8 Å². The van der Waals surface area contributed by atoms with Crippen LogP contribution in [0.15, 0.2) is 17.5 Å². The summed E-state index contributed by atoms with van der Waals surface area (Å²) >= 11 is 1.60. The van der Waals surface area contributed by atoms with Crippen molar-refractivity contribution in [2.75, 3.05) is 6.54 Å². The quantitative estimate of drug-likeness (QED) is 0.718. The molecule has 0 bridgehead atoms. The molecule has 0 saturated carbocycles. The third-order valence-electron chi connectivity index (χ3n) is 2.06. The van der Waals surface area contributed by atoms with Gasteiger partial charge in [-0.15, -0.1) is 11.3 Å². The van der Waals surface area contributed by atoms with Crippen molar-refractivity contribution in [3.63, 3.8) is 0 Å². The standard InChI is InChI=1S/C11H14N2O4S/c14-9(3-4-10(15)16)13-11(17)12-6-5-8-2-1-7-18-8/h1-2,7H,3-6H2,(H,15,16)(H2,12,13,14,17). The predicted molar refractivity (Wildman–Crippen MR) is 66.4 cm³/mol. The Morgan fingerprint density at radius 1 is 1.28 bits per heavy atom. The average molecular weight is 270 g/mol. The lowest BCUT2D eigenvalue weighted by Crippen LogP contribution is -2.40. The van der Waals surface area contributed by atoms with E-state index in [9.17, 15) is 14.4 Å². The van der Waals surface area contributed by atoms with Crippen LogP contribution in [-0.2, 0) is 16.0 Å². The van der Waals surface area contributed by atoms with Crippen LogP contribution in [0.3, 0.4) is 0 Å². The molecule has 7 heteroatoms. The SMILES string of the molecule is O=C(O)CCC(=O)NC(=O)NCCc1cccs1. The van der Waals surface area contributed by atoms with Crippen molar-refractivity contribution in [1.82, 2.24) is 10.6 Å². The second-order valence-corrected chi connectivity index (χ2v) is 4.56. The minimum atomic E-state index is -1.07. The first-order valence-corrected chi connectivity index (χ1v) is 6.28. The normalized spacial score (nSPS) is 9.78. The van der Waals surface area contributed by atoms with E-state index in [1.165, 1.54) is 0 Å². The van der Waals surface area contributed by atoms with Crippen LogP contribution in [0.2, 0.25) is 0 Å². The highest BCUT2D eigenvalue weighted by molar-refractivity contribution is 7.09. The van der Waals surface area contributed by atoms with E-state index in [1.807, 2.05) is 17.5 Å². The van der Waals surface area contributed by atoms with Crippen LogP contribution in [0.1, 0.15) is 17.7 Å². The van der Waals surface area contributed by atoms with Crippen LogP contribution in [-0.4, -0.2) is 29.6 Å². The maximum atomic E-state index is 11.2. The third kappa shape index (κ3) is 6.00. The van der Waals surface area contributed by atoms with Crippen LogP contribution >= 0.6 is 11.3 Å². The first-order valence-electron chi connectivity index (χ1n) is 5.40. The number of rotatable bonds is 6. The topological polar surface area (TPSA) is 95.5 Å². The molecule has 98 valence electrons. The summed E-state index contributed by atoms with van der Waals surface area (Å²) in [5, 5.41) is 14.9. The van der Waals surface area contributed by atoms with Crippen LogP contribution in [0.5, 0.6) is 0 Å². The fourth-order valence-electron chi connectivity index (χ4n) is 1.21. The number of hydrogen-bond acceptors (Lipinski definition) is 4. The van der Waals surface area contributed by atoms with Crippen LogP contribution in [0.25, 0.3) is 0 Å². The van der Waals surface area contributed by atoms with Gasteiger partial charge in [-0.2, -0.15) is 0 Å². The predicted octanol–water partition coefficient (Wildman–Crippen LogP) is 0.981. The van der Waals surface area contributed by atoms with Gasteiger partial charge in [0.1, 0.15) is 0 Å². The van der Waals surface area contributed by atoms with Gasteiger partial charge in [-0.3, -0.25) is 14.9 Å². The fourth-order valence-corrected chi connectivity index (χ4v) is 1.92. The number of urea groups is 1. The Kier molecular flexibility index (Phi) is 5.86.